The fraction of sp³-hybridized carbons (Fsp3) is 0.750. The van der Waals surface area contributed by atoms with Crippen molar-refractivity contribution in [2.24, 2.45) is 17.6 Å². The van der Waals surface area contributed by atoms with E-state index in [0.29, 0.717) is 5.13 Å². The molecule has 3 N–H and O–H groups in total. The van der Waals surface area contributed by atoms with E-state index in [1.165, 1.54) is 24.2 Å². The van der Waals surface area contributed by atoms with Crippen LogP contribution in [0.1, 0.15) is 45.7 Å². The van der Waals surface area contributed by atoms with Crippen LogP contribution in [0.3, 0.4) is 0 Å². The number of aromatic nitrogens is 1. The Labute approximate surface area is 149 Å². The molecular weight excluding hydrogens is 332 g/mol. The van der Waals surface area contributed by atoms with Crippen molar-refractivity contribution in [3.63, 3.8) is 0 Å². The van der Waals surface area contributed by atoms with Crippen LogP contribution >= 0.6 is 23.7 Å². The third-order valence-corrected chi connectivity index (χ3v) is 5.41. The molecule has 132 valence electrons. The van der Waals surface area contributed by atoms with Gasteiger partial charge in [0.15, 0.2) is 5.13 Å². The van der Waals surface area contributed by atoms with E-state index in [9.17, 15) is 4.79 Å². The first-order chi connectivity index (χ1) is 10.5. The zero-order chi connectivity index (χ0) is 16.1. The highest BCUT2D eigenvalue weighted by Crippen LogP contribution is 2.21. The molecule has 2 atom stereocenters. The third kappa shape index (κ3) is 6.03. The van der Waals surface area contributed by atoms with E-state index in [2.05, 4.69) is 22.1 Å². The second-order valence-corrected chi connectivity index (χ2v) is 7.36. The molecule has 2 rings (SSSR count). The van der Waals surface area contributed by atoms with Gasteiger partial charge in [-0.25, -0.2) is 4.98 Å². The maximum atomic E-state index is 12.1. The fourth-order valence-electron chi connectivity index (χ4n) is 2.59. The van der Waals surface area contributed by atoms with E-state index in [-0.39, 0.29) is 24.2 Å². The first kappa shape index (κ1) is 20.4. The number of nitrogens with two attached hydrogens (primary N) is 1. The molecule has 1 fully saturated rings. The quantitative estimate of drug-likeness (QED) is 0.817. The molecule has 0 spiro atoms. The molecular formula is C16H29ClN4OS. The molecule has 0 aromatic carbocycles. The Morgan fingerprint density at radius 3 is 2.78 bits per heavy atom. The van der Waals surface area contributed by atoms with E-state index in [4.69, 9.17) is 5.73 Å². The monoisotopic (exact) mass is 360 g/mol. The van der Waals surface area contributed by atoms with Gasteiger partial charge in [-0.15, -0.1) is 23.7 Å². The highest BCUT2D eigenvalue weighted by atomic mass is 35.5. The molecule has 0 radical (unpaired) electrons. The van der Waals surface area contributed by atoms with Crippen LogP contribution in [0.15, 0.2) is 5.38 Å². The van der Waals surface area contributed by atoms with E-state index >= 15 is 0 Å². The van der Waals surface area contributed by atoms with E-state index in [0.717, 1.165) is 37.7 Å². The third-order valence-electron chi connectivity index (χ3n) is 4.60. The van der Waals surface area contributed by atoms with Crippen molar-refractivity contribution in [1.82, 2.24) is 9.88 Å². The maximum absolute atomic E-state index is 12.1. The molecule has 1 aliphatic rings. The lowest BCUT2D eigenvalue weighted by Gasteiger charge is -2.29. The minimum atomic E-state index is -0.471. The largest absolute Gasteiger partial charge is 0.320 e. The second kappa shape index (κ2) is 9.57. The molecule has 0 saturated carbocycles. The predicted octanol–water partition coefficient (Wildman–Crippen LogP) is 3.11. The fourth-order valence-corrected chi connectivity index (χ4v) is 3.29. The summed E-state index contributed by atoms with van der Waals surface area (Å²) in [5, 5.41) is 5.53. The molecule has 23 heavy (non-hydrogen) atoms. The van der Waals surface area contributed by atoms with E-state index in [1.807, 2.05) is 19.2 Å². The zero-order valence-electron chi connectivity index (χ0n) is 14.2. The minimum Gasteiger partial charge on any atom is -0.320 e. The van der Waals surface area contributed by atoms with Gasteiger partial charge >= 0.3 is 0 Å². The molecule has 5 nitrogen and oxygen atoms in total. The molecule has 2 unspecified atom stereocenters. The minimum absolute atomic E-state index is 0. The van der Waals surface area contributed by atoms with Gasteiger partial charge in [0.05, 0.1) is 11.7 Å². The predicted molar refractivity (Wildman–Crippen MR) is 99.1 cm³/mol. The number of anilines is 1. The molecule has 1 aromatic heterocycles. The summed E-state index contributed by atoms with van der Waals surface area (Å²) in [6, 6.07) is -0.471. The van der Waals surface area contributed by atoms with Gasteiger partial charge in [0.25, 0.3) is 0 Å². The Morgan fingerprint density at radius 1 is 1.52 bits per heavy atom. The number of halogens is 1. The summed E-state index contributed by atoms with van der Waals surface area (Å²) in [6.45, 7) is 9.50. The summed E-state index contributed by atoms with van der Waals surface area (Å²) in [4.78, 5) is 19.0. The summed E-state index contributed by atoms with van der Waals surface area (Å²) >= 11 is 1.48. The Kier molecular flexibility index (Phi) is 8.47. The summed E-state index contributed by atoms with van der Waals surface area (Å²) in [7, 11) is 0. The zero-order valence-corrected chi connectivity index (χ0v) is 15.9. The van der Waals surface area contributed by atoms with Gasteiger partial charge in [-0.05, 0) is 37.8 Å². The molecule has 0 aliphatic carbocycles. The van der Waals surface area contributed by atoms with Gasteiger partial charge in [0, 0.05) is 11.9 Å². The van der Waals surface area contributed by atoms with Gasteiger partial charge < -0.3 is 11.1 Å². The number of hydrogen-bond donors (Lipinski definition) is 2. The molecule has 1 saturated heterocycles. The Balaban J connectivity index is 0.00000264. The van der Waals surface area contributed by atoms with Crippen LogP contribution in [-0.4, -0.2) is 34.9 Å². The maximum Gasteiger partial charge on any atom is 0.243 e. The van der Waals surface area contributed by atoms with Crippen LogP contribution in [0, 0.1) is 11.8 Å². The van der Waals surface area contributed by atoms with Crippen LogP contribution in [0.5, 0.6) is 0 Å². The van der Waals surface area contributed by atoms with Gasteiger partial charge in [-0.3, -0.25) is 9.69 Å². The normalized spacial score (nSPS) is 19.0. The van der Waals surface area contributed by atoms with Crippen LogP contribution in [0.2, 0.25) is 0 Å². The highest BCUT2D eigenvalue weighted by Gasteiger charge is 2.21. The molecule has 2 heterocycles. The topological polar surface area (TPSA) is 71.2 Å². The number of nitrogens with one attached hydrogen (secondary N) is 1. The van der Waals surface area contributed by atoms with Crippen molar-refractivity contribution in [3.05, 3.63) is 11.1 Å². The van der Waals surface area contributed by atoms with Crippen molar-refractivity contribution in [1.29, 1.82) is 0 Å². The molecule has 1 aromatic rings. The van der Waals surface area contributed by atoms with Crippen molar-refractivity contribution >= 4 is 34.8 Å². The lowest BCUT2D eigenvalue weighted by atomic mass is 9.99. The number of hydrogen-bond acceptors (Lipinski definition) is 5. The highest BCUT2D eigenvalue weighted by molar-refractivity contribution is 7.13. The van der Waals surface area contributed by atoms with Crippen LogP contribution in [0.4, 0.5) is 5.13 Å². The van der Waals surface area contributed by atoms with E-state index < -0.39 is 6.04 Å². The summed E-state index contributed by atoms with van der Waals surface area (Å²) in [6.07, 6.45) is 3.42. The first-order valence-electron chi connectivity index (χ1n) is 8.22. The number of carbonyl (C=O) groups is 1. The SMILES string of the molecule is CCC(C)C(N)C(=O)Nc1nc(CN2CCC(C)CC2)cs1.Cl. The molecule has 1 amide bonds. The molecule has 7 heteroatoms. The number of likely N-dealkylation sites (tertiary alicyclic amines) is 1. The molecule has 1 aliphatic heterocycles. The van der Waals surface area contributed by atoms with Crippen molar-refractivity contribution in [2.45, 2.75) is 52.6 Å². The van der Waals surface area contributed by atoms with Gasteiger partial charge in [-0.1, -0.05) is 27.2 Å². The average Bonchev–Trinajstić information content (AvgIpc) is 2.95. The Morgan fingerprint density at radius 2 is 2.17 bits per heavy atom. The number of nitrogens with zero attached hydrogens (tertiary/aromatic N) is 2. The van der Waals surface area contributed by atoms with Gasteiger partial charge in [-0.2, -0.15) is 0 Å². The van der Waals surface area contributed by atoms with Crippen molar-refractivity contribution < 1.29 is 4.79 Å². The Bertz CT molecular complexity index is 488. The lowest BCUT2D eigenvalue weighted by Crippen LogP contribution is -2.40. The van der Waals surface area contributed by atoms with Gasteiger partial charge in [0.1, 0.15) is 0 Å². The van der Waals surface area contributed by atoms with E-state index in [1.54, 1.807) is 0 Å². The number of rotatable bonds is 6. The first-order valence-corrected chi connectivity index (χ1v) is 9.10. The number of carbonyl (C=O) groups excluding carboxylic acids is 1. The number of thiazole rings is 1. The molecule has 0 bridgehead atoms. The summed E-state index contributed by atoms with van der Waals surface area (Å²) < 4.78 is 0. The van der Waals surface area contributed by atoms with Gasteiger partial charge in [0.2, 0.25) is 5.91 Å². The Hall–Kier alpha value is -0.690. The van der Waals surface area contributed by atoms with Crippen LogP contribution in [0.25, 0.3) is 0 Å². The smallest absolute Gasteiger partial charge is 0.243 e. The van der Waals surface area contributed by atoms with Crippen molar-refractivity contribution in [3.8, 4) is 0 Å². The summed E-state index contributed by atoms with van der Waals surface area (Å²) in [5.74, 6) is 0.875. The van der Waals surface area contributed by atoms with Crippen molar-refractivity contribution in [2.75, 3.05) is 18.4 Å². The number of piperidine rings is 1. The standard InChI is InChI=1S/C16H28N4OS.ClH/c1-4-12(3)14(17)15(21)19-16-18-13(10-22-16)9-20-7-5-11(2)6-8-20;/h10-12,14H,4-9,17H2,1-3H3,(H,18,19,21);1H. The summed E-state index contributed by atoms with van der Waals surface area (Å²) in [5.41, 5.74) is 6.98. The number of amides is 1. The van der Waals surface area contributed by atoms with Crippen LogP contribution in [-0.2, 0) is 11.3 Å². The lowest BCUT2D eigenvalue weighted by molar-refractivity contribution is -0.118. The average molecular weight is 361 g/mol. The second-order valence-electron chi connectivity index (χ2n) is 6.50. The van der Waals surface area contributed by atoms with Crippen LogP contribution < -0.4 is 11.1 Å².